The van der Waals surface area contributed by atoms with Crippen molar-refractivity contribution in [2.24, 2.45) is 0 Å². The Balaban J connectivity index is 1.09. The van der Waals surface area contributed by atoms with E-state index >= 15 is 0 Å². The minimum atomic E-state index is 0.927. The number of aromatic nitrogens is 4. The van der Waals surface area contributed by atoms with E-state index in [9.17, 15) is 0 Å². The van der Waals surface area contributed by atoms with Gasteiger partial charge in [-0.1, -0.05) is 133 Å². The first-order valence-corrected chi connectivity index (χ1v) is 17.2. The van der Waals surface area contributed by atoms with Gasteiger partial charge in [0, 0.05) is 39.5 Å². The van der Waals surface area contributed by atoms with Crippen molar-refractivity contribution in [3.8, 4) is 50.3 Å². The fourth-order valence-electron chi connectivity index (χ4n) is 7.47. The third-order valence-electron chi connectivity index (χ3n) is 9.90. The van der Waals surface area contributed by atoms with Crippen LogP contribution in [0, 0.1) is 0 Å². The molecule has 3 aromatic heterocycles. The van der Waals surface area contributed by atoms with E-state index in [1.54, 1.807) is 0 Å². The summed E-state index contributed by atoms with van der Waals surface area (Å²) in [5.41, 5.74) is 13.0. The maximum Gasteiger partial charge on any atom is 0.101 e. The van der Waals surface area contributed by atoms with Crippen molar-refractivity contribution in [1.82, 2.24) is 19.7 Å². The van der Waals surface area contributed by atoms with Gasteiger partial charge in [-0.3, -0.25) is 9.97 Å². The lowest BCUT2D eigenvalue weighted by molar-refractivity contribution is 0.918. The second kappa shape index (κ2) is 11.9. The van der Waals surface area contributed by atoms with Crippen LogP contribution >= 0.6 is 0 Å². The number of para-hydroxylation sites is 1. The molecule has 0 bridgehead atoms. The highest BCUT2D eigenvalue weighted by Gasteiger charge is 2.21. The van der Waals surface area contributed by atoms with Crippen LogP contribution in [0.5, 0.6) is 0 Å². The van der Waals surface area contributed by atoms with E-state index in [1.165, 1.54) is 21.9 Å². The second-order valence-corrected chi connectivity index (χ2v) is 12.9. The SMILES string of the molecule is c1ccc(-c2cc3ccccc3c3c2c(-c2ccc(-c4ccc(-c5cc6cccnc6c6ncccc56)cc4)cc2)nn3-c2ccccc2)cc1. The molecular weight excluding hydrogens is 621 g/mol. The van der Waals surface area contributed by atoms with E-state index in [-0.39, 0.29) is 0 Å². The summed E-state index contributed by atoms with van der Waals surface area (Å²) in [6, 6.07) is 60.1. The number of fused-ring (bicyclic) bond motifs is 6. The smallest absolute Gasteiger partial charge is 0.101 e. The third kappa shape index (κ3) is 4.88. The summed E-state index contributed by atoms with van der Waals surface area (Å²) in [6.07, 6.45) is 3.67. The Morgan fingerprint density at radius 1 is 0.392 bits per heavy atom. The highest BCUT2D eigenvalue weighted by atomic mass is 15.3. The molecule has 10 rings (SSSR count). The van der Waals surface area contributed by atoms with Crippen molar-refractivity contribution < 1.29 is 0 Å². The Hall–Kier alpha value is -6.91. The molecule has 0 radical (unpaired) electrons. The van der Waals surface area contributed by atoms with Gasteiger partial charge in [-0.15, -0.1) is 0 Å². The molecule has 0 saturated heterocycles. The minimum Gasteiger partial charge on any atom is -0.254 e. The Morgan fingerprint density at radius 2 is 0.941 bits per heavy atom. The average Bonchev–Trinajstić information content (AvgIpc) is 3.62. The van der Waals surface area contributed by atoms with Crippen molar-refractivity contribution in [2.45, 2.75) is 0 Å². The Morgan fingerprint density at radius 3 is 1.71 bits per heavy atom. The van der Waals surface area contributed by atoms with Crippen LogP contribution in [0.2, 0.25) is 0 Å². The molecule has 0 aliphatic heterocycles. The molecule has 10 aromatic rings. The highest BCUT2D eigenvalue weighted by molar-refractivity contribution is 6.17. The van der Waals surface area contributed by atoms with Gasteiger partial charge < -0.3 is 0 Å². The average molecular weight is 651 g/mol. The van der Waals surface area contributed by atoms with E-state index in [2.05, 4.69) is 161 Å². The van der Waals surface area contributed by atoms with Gasteiger partial charge in [0.2, 0.25) is 0 Å². The lowest BCUT2D eigenvalue weighted by Crippen LogP contribution is -1.96. The van der Waals surface area contributed by atoms with Crippen molar-refractivity contribution >= 4 is 43.5 Å². The zero-order valence-corrected chi connectivity index (χ0v) is 27.6. The largest absolute Gasteiger partial charge is 0.254 e. The molecular formula is C47H30N4. The predicted octanol–water partition coefficient (Wildman–Crippen LogP) is 11.9. The van der Waals surface area contributed by atoms with E-state index in [1.807, 2.05) is 30.6 Å². The molecule has 0 amide bonds. The summed E-state index contributed by atoms with van der Waals surface area (Å²) in [5, 5.41) is 11.1. The van der Waals surface area contributed by atoms with Crippen LogP contribution in [0.3, 0.4) is 0 Å². The third-order valence-corrected chi connectivity index (χ3v) is 9.90. The standard InChI is InChI=1S/C47H30N4/c1-3-11-33(12-4-1)42-29-36-13-7-8-17-39(36)47-43(42)44(50-51(47)38-15-5-2-6-16-38)35-25-21-32(22-26-35)31-19-23-34(24-20-31)41-30-37-14-9-27-48-45(37)46-40(41)18-10-28-49-46/h1-30H. The molecule has 0 aliphatic carbocycles. The van der Waals surface area contributed by atoms with Gasteiger partial charge in [0.05, 0.1) is 22.2 Å². The Labute approximate surface area is 294 Å². The van der Waals surface area contributed by atoms with Gasteiger partial charge in [-0.25, -0.2) is 4.68 Å². The summed E-state index contributed by atoms with van der Waals surface area (Å²) in [6.45, 7) is 0. The molecule has 0 unspecified atom stereocenters. The lowest BCUT2D eigenvalue weighted by Gasteiger charge is -2.11. The molecule has 0 aliphatic rings. The van der Waals surface area contributed by atoms with Crippen LogP contribution in [0.15, 0.2) is 182 Å². The molecule has 3 heterocycles. The van der Waals surface area contributed by atoms with E-state index in [0.29, 0.717) is 0 Å². The van der Waals surface area contributed by atoms with Crippen LogP contribution in [-0.4, -0.2) is 19.7 Å². The maximum atomic E-state index is 5.37. The monoisotopic (exact) mass is 650 g/mol. The highest BCUT2D eigenvalue weighted by Crippen LogP contribution is 2.42. The van der Waals surface area contributed by atoms with Gasteiger partial charge >= 0.3 is 0 Å². The summed E-state index contributed by atoms with van der Waals surface area (Å²) < 4.78 is 2.12. The zero-order chi connectivity index (χ0) is 33.7. The van der Waals surface area contributed by atoms with Crippen LogP contribution in [0.25, 0.3) is 93.8 Å². The molecule has 4 nitrogen and oxygen atoms in total. The molecule has 0 fully saturated rings. The number of benzene rings is 7. The summed E-state index contributed by atoms with van der Waals surface area (Å²) >= 11 is 0. The van der Waals surface area contributed by atoms with Gasteiger partial charge in [-0.05, 0) is 75.2 Å². The van der Waals surface area contributed by atoms with E-state index in [4.69, 9.17) is 10.1 Å². The lowest BCUT2D eigenvalue weighted by atomic mass is 9.93. The number of nitrogens with zero attached hydrogens (tertiary/aromatic N) is 4. The fourth-order valence-corrected chi connectivity index (χ4v) is 7.47. The van der Waals surface area contributed by atoms with E-state index in [0.717, 1.165) is 71.9 Å². The Bertz CT molecular complexity index is 2880. The first-order valence-electron chi connectivity index (χ1n) is 17.2. The quantitative estimate of drug-likeness (QED) is 0.174. The van der Waals surface area contributed by atoms with Gasteiger partial charge in [0.1, 0.15) is 5.69 Å². The maximum absolute atomic E-state index is 5.37. The molecule has 0 N–H and O–H groups in total. The first kappa shape index (κ1) is 29.0. The number of hydrogen-bond acceptors (Lipinski definition) is 3. The summed E-state index contributed by atoms with van der Waals surface area (Å²) in [7, 11) is 0. The number of hydrogen-bond donors (Lipinski definition) is 0. The fraction of sp³-hybridized carbons (Fsp3) is 0. The van der Waals surface area contributed by atoms with Crippen LogP contribution in [0.4, 0.5) is 0 Å². The van der Waals surface area contributed by atoms with Gasteiger partial charge in [0.15, 0.2) is 0 Å². The van der Waals surface area contributed by atoms with Crippen molar-refractivity contribution in [3.63, 3.8) is 0 Å². The first-order chi connectivity index (χ1) is 25.3. The minimum absolute atomic E-state index is 0.927. The predicted molar refractivity (Wildman–Crippen MR) is 211 cm³/mol. The number of rotatable bonds is 5. The zero-order valence-electron chi connectivity index (χ0n) is 27.6. The van der Waals surface area contributed by atoms with Crippen LogP contribution in [-0.2, 0) is 0 Å². The topological polar surface area (TPSA) is 43.6 Å². The van der Waals surface area contributed by atoms with Crippen molar-refractivity contribution in [2.75, 3.05) is 0 Å². The normalized spacial score (nSPS) is 11.5. The van der Waals surface area contributed by atoms with E-state index < -0.39 is 0 Å². The molecule has 0 spiro atoms. The van der Waals surface area contributed by atoms with Gasteiger partial charge in [0.25, 0.3) is 0 Å². The van der Waals surface area contributed by atoms with Crippen molar-refractivity contribution in [3.05, 3.63) is 182 Å². The van der Waals surface area contributed by atoms with Crippen LogP contribution < -0.4 is 0 Å². The molecule has 7 aromatic carbocycles. The molecule has 4 heteroatoms. The molecule has 238 valence electrons. The molecule has 51 heavy (non-hydrogen) atoms. The van der Waals surface area contributed by atoms with Crippen LogP contribution in [0.1, 0.15) is 0 Å². The van der Waals surface area contributed by atoms with Gasteiger partial charge in [-0.2, -0.15) is 5.10 Å². The molecule has 0 saturated carbocycles. The summed E-state index contributed by atoms with van der Waals surface area (Å²) in [5.74, 6) is 0. The second-order valence-electron chi connectivity index (χ2n) is 12.9. The Kier molecular flexibility index (Phi) is 6.78. The number of pyridine rings is 2. The molecule has 0 atom stereocenters. The van der Waals surface area contributed by atoms with Crippen molar-refractivity contribution in [1.29, 1.82) is 0 Å². The summed E-state index contributed by atoms with van der Waals surface area (Å²) in [4.78, 5) is 9.33.